The Hall–Kier alpha value is -2.87. The number of benzene rings is 3. The normalized spacial score (nSPS) is 16.8. The van der Waals surface area contributed by atoms with Crippen LogP contribution in [0.5, 0.6) is 0 Å². The summed E-state index contributed by atoms with van der Waals surface area (Å²) in [5.41, 5.74) is 2.43. The molecule has 33 heavy (non-hydrogen) atoms. The van der Waals surface area contributed by atoms with Crippen LogP contribution in [0.4, 0.5) is 27.6 Å². The lowest BCUT2D eigenvalue weighted by Gasteiger charge is -2.26. The molecule has 0 N–H and O–H groups in total. The summed E-state index contributed by atoms with van der Waals surface area (Å²) < 4.78 is 67.9. The highest BCUT2D eigenvalue weighted by Gasteiger charge is 2.62. The fourth-order valence-corrected chi connectivity index (χ4v) is 4.28. The zero-order valence-electron chi connectivity index (χ0n) is 17.9. The number of alkyl halides is 5. The Morgan fingerprint density at radius 2 is 1.58 bits per heavy atom. The van der Waals surface area contributed by atoms with Gasteiger partial charge in [0.25, 0.3) is 0 Å². The number of hydrazone groups is 1. The molecule has 0 saturated heterocycles. The van der Waals surface area contributed by atoms with Crippen LogP contribution < -0.4 is 5.01 Å². The lowest BCUT2D eigenvalue weighted by Crippen LogP contribution is -2.43. The van der Waals surface area contributed by atoms with Crippen LogP contribution in [0.3, 0.4) is 0 Å². The molecule has 3 aromatic carbocycles. The summed E-state index contributed by atoms with van der Waals surface area (Å²) in [5, 5.41) is 5.11. The Morgan fingerprint density at radius 3 is 2.21 bits per heavy atom. The van der Waals surface area contributed by atoms with Gasteiger partial charge >= 0.3 is 12.1 Å². The van der Waals surface area contributed by atoms with E-state index in [1.54, 1.807) is 55.1 Å². The molecule has 0 fully saturated rings. The predicted molar refractivity (Wildman–Crippen MR) is 123 cm³/mol. The van der Waals surface area contributed by atoms with Gasteiger partial charge in [-0.05, 0) is 59.7 Å². The number of rotatable bonds is 5. The fraction of sp³-hybridized carbons (Fsp3) is 0.240. The van der Waals surface area contributed by atoms with E-state index >= 15 is 0 Å². The smallest absolute Gasteiger partial charge is 0.257 e. The van der Waals surface area contributed by atoms with Crippen molar-refractivity contribution in [2.24, 2.45) is 5.10 Å². The van der Waals surface area contributed by atoms with Gasteiger partial charge in [-0.15, -0.1) is 11.8 Å². The second-order valence-corrected chi connectivity index (χ2v) is 8.70. The molecule has 0 radical (unpaired) electrons. The Kier molecular flexibility index (Phi) is 6.22. The third kappa shape index (κ3) is 4.49. The SMILES string of the molecule is CSc1ccc(-c2cccc(C3CC(C(F)(F)C(F)(F)F)=NN3c3ccccc3C)c2)cc1. The molecule has 0 amide bonds. The van der Waals surface area contributed by atoms with Crippen molar-refractivity contribution in [2.75, 3.05) is 11.3 Å². The molecular weight excluding hydrogens is 455 g/mol. The third-order valence-corrected chi connectivity index (χ3v) is 6.43. The standard InChI is InChI=1S/C25H21F5N2S/c1-16-6-3-4-9-21(16)32-22(15-23(31-32)24(26,27)25(28,29)30)19-8-5-7-18(14-19)17-10-12-20(33-2)13-11-17/h3-14,22H,15H2,1-2H3. The van der Waals surface area contributed by atoms with Gasteiger partial charge in [-0.25, -0.2) is 0 Å². The summed E-state index contributed by atoms with van der Waals surface area (Å²) in [6.07, 6.45) is -4.26. The van der Waals surface area contributed by atoms with Gasteiger partial charge in [-0.3, -0.25) is 5.01 Å². The molecule has 4 rings (SSSR count). The minimum Gasteiger partial charge on any atom is -0.257 e. The van der Waals surface area contributed by atoms with Crippen LogP contribution in [-0.4, -0.2) is 24.1 Å². The molecule has 1 aliphatic rings. The van der Waals surface area contributed by atoms with E-state index in [9.17, 15) is 22.0 Å². The summed E-state index contributed by atoms with van der Waals surface area (Å²) in [4.78, 5) is 1.10. The number of nitrogens with zero attached hydrogens (tertiary/aromatic N) is 2. The summed E-state index contributed by atoms with van der Waals surface area (Å²) >= 11 is 1.62. The first-order valence-electron chi connectivity index (χ1n) is 10.2. The number of aryl methyl sites for hydroxylation is 1. The van der Waals surface area contributed by atoms with Crippen LogP contribution in [-0.2, 0) is 0 Å². The predicted octanol–water partition coefficient (Wildman–Crippen LogP) is 7.89. The van der Waals surface area contributed by atoms with E-state index < -0.39 is 30.3 Å². The number of anilines is 1. The highest BCUT2D eigenvalue weighted by atomic mass is 32.2. The maximum Gasteiger partial charge on any atom is 0.459 e. The van der Waals surface area contributed by atoms with E-state index in [-0.39, 0.29) is 0 Å². The molecule has 172 valence electrons. The van der Waals surface area contributed by atoms with Gasteiger partial charge in [-0.2, -0.15) is 27.1 Å². The minimum absolute atomic E-state index is 0.491. The third-order valence-electron chi connectivity index (χ3n) is 5.69. The van der Waals surface area contributed by atoms with Crippen LogP contribution in [0.25, 0.3) is 11.1 Å². The fourth-order valence-electron chi connectivity index (χ4n) is 3.88. The van der Waals surface area contributed by atoms with Gasteiger partial charge in [0.1, 0.15) is 5.71 Å². The van der Waals surface area contributed by atoms with Gasteiger partial charge in [0.05, 0.1) is 11.7 Å². The zero-order valence-corrected chi connectivity index (χ0v) is 18.7. The summed E-state index contributed by atoms with van der Waals surface area (Å²) in [6.45, 7) is 1.77. The number of hydrogen-bond acceptors (Lipinski definition) is 3. The zero-order chi connectivity index (χ0) is 23.8. The van der Waals surface area contributed by atoms with E-state index in [0.29, 0.717) is 11.3 Å². The first kappa shape index (κ1) is 23.3. The lowest BCUT2D eigenvalue weighted by atomic mass is 9.95. The maximum absolute atomic E-state index is 14.2. The van der Waals surface area contributed by atoms with E-state index in [1.165, 1.54) is 5.01 Å². The first-order valence-corrected chi connectivity index (χ1v) is 11.5. The average molecular weight is 477 g/mol. The maximum atomic E-state index is 14.2. The largest absolute Gasteiger partial charge is 0.459 e. The number of thioether (sulfide) groups is 1. The number of halogens is 5. The lowest BCUT2D eigenvalue weighted by molar-refractivity contribution is -0.249. The van der Waals surface area contributed by atoms with Crippen molar-refractivity contribution in [3.63, 3.8) is 0 Å². The molecule has 1 unspecified atom stereocenters. The van der Waals surface area contributed by atoms with E-state index in [2.05, 4.69) is 5.10 Å². The van der Waals surface area contributed by atoms with Crippen molar-refractivity contribution in [3.8, 4) is 11.1 Å². The van der Waals surface area contributed by atoms with E-state index in [1.807, 2.05) is 42.7 Å². The van der Waals surface area contributed by atoms with Crippen molar-refractivity contribution in [2.45, 2.75) is 36.4 Å². The molecule has 0 aromatic heterocycles. The topological polar surface area (TPSA) is 15.6 Å². The van der Waals surface area contributed by atoms with Gasteiger partial charge < -0.3 is 0 Å². The first-order chi connectivity index (χ1) is 15.6. The average Bonchev–Trinajstić information content (AvgIpc) is 3.25. The number of para-hydroxylation sites is 1. The summed E-state index contributed by atoms with van der Waals surface area (Å²) in [6, 6.07) is 21.2. The molecule has 0 aliphatic carbocycles. The Labute approximate surface area is 193 Å². The molecule has 2 nitrogen and oxygen atoms in total. The van der Waals surface area contributed by atoms with E-state index in [0.717, 1.165) is 21.6 Å². The van der Waals surface area contributed by atoms with Crippen LogP contribution in [0.2, 0.25) is 0 Å². The van der Waals surface area contributed by atoms with Crippen molar-refractivity contribution in [3.05, 3.63) is 83.9 Å². The second-order valence-electron chi connectivity index (χ2n) is 7.82. The molecule has 1 atom stereocenters. The van der Waals surface area contributed by atoms with Crippen molar-refractivity contribution < 1.29 is 22.0 Å². The Balaban J connectivity index is 1.76. The second kappa shape index (κ2) is 8.82. The van der Waals surface area contributed by atoms with Gasteiger partial charge in [-0.1, -0.05) is 48.5 Å². The summed E-state index contributed by atoms with van der Waals surface area (Å²) in [5.74, 6) is -5.01. The van der Waals surface area contributed by atoms with E-state index in [4.69, 9.17) is 0 Å². The van der Waals surface area contributed by atoms with Crippen molar-refractivity contribution >= 4 is 23.2 Å². The quantitative estimate of drug-likeness (QED) is 0.275. The van der Waals surface area contributed by atoms with Crippen LogP contribution in [0.15, 0.2) is 82.8 Å². The van der Waals surface area contributed by atoms with Gasteiger partial charge in [0.2, 0.25) is 0 Å². The molecule has 0 bridgehead atoms. The van der Waals surface area contributed by atoms with Crippen molar-refractivity contribution in [1.29, 1.82) is 0 Å². The molecule has 0 spiro atoms. The van der Waals surface area contributed by atoms with Crippen LogP contribution in [0, 0.1) is 6.92 Å². The monoisotopic (exact) mass is 476 g/mol. The molecular formula is C25H21F5N2S. The Bertz CT molecular complexity index is 1170. The molecule has 1 heterocycles. The molecule has 8 heteroatoms. The van der Waals surface area contributed by atoms with Crippen molar-refractivity contribution in [1.82, 2.24) is 0 Å². The van der Waals surface area contributed by atoms with Gasteiger partial charge in [0.15, 0.2) is 0 Å². The van der Waals surface area contributed by atoms with Gasteiger partial charge in [0, 0.05) is 11.3 Å². The highest BCUT2D eigenvalue weighted by Crippen LogP contribution is 2.45. The number of hydrogen-bond donors (Lipinski definition) is 0. The highest BCUT2D eigenvalue weighted by molar-refractivity contribution is 7.98. The molecule has 1 aliphatic heterocycles. The van der Waals surface area contributed by atoms with Crippen LogP contribution >= 0.6 is 11.8 Å². The molecule has 0 saturated carbocycles. The minimum atomic E-state index is -5.71. The summed E-state index contributed by atoms with van der Waals surface area (Å²) in [7, 11) is 0. The molecule has 3 aromatic rings. The Morgan fingerprint density at radius 1 is 0.879 bits per heavy atom. The van der Waals surface area contributed by atoms with Crippen LogP contribution in [0.1, 0.15) is 23.6 Å².